The van der Waals surface area contributed by atoms with Crippen molar-refractivity contribution < 1.29 is 22.1 Å². The number of nitriles is 1. The molecule has 0 aliphatic carbocycles. The van der Waals surface area contributed by atoms with Crippen LogP contribution in [0.25, 0.3) is 6.08 Å². The average molecular weight is 606 g/mol. The van der Waals surface area contributed by atoms with Crippen molar-refractivity contribution in [3.05, 3.63) is 86.8 Å². The molecule has 10 heteroatoms. The largest absolute Gasteiger partial charge is 0.494 e. The van der Waals surface area contributed by atoms with Crippen LogP contribution < -0.4 is 14.2 Å². The summed E-state index contributed by atoms with van der Waals surface area (Å²) in [6, 6.07) is 19.5. The fourth-order valence-corrected chi connectivity index (χ4v) is 5.39. The number of amides is 1. The Hall–Kier alpha value is -3.13. The van der Waals surface area contributed by atoms with E-state index in [9.17, 15) is 18.5 Å². The number of carbonyl (C=O) groups excluding carboxylic acids is 1. The predicted molar refractivity (Wildman–Crippen MR) is 136 cm³/mol. The number of nitrogens with zero attached hydrogens (tertiary/aromatic N) is 1. The fraction of sp³-hybridized carbons (Fsp3) is 0.0833. The molecule has 0 heterocycles. The summed E-state index contributed by atoms with van der Waals surface area (Å²) >= 11 is 6.60. The highest BCUT2D eigenvalue weighted by atomic mass is 79.9. The third kappa shape index (κ3) is 6.47. The van der Waals surface area contributed by atoms with E-state index in [0.29, 0.717) is 32.6 Å². The van der Waals surface area contributed by atoms with Gasteiger partial charge in [-0.3, -0.25) is 4.79 Å². The van der Waals surface area contributed by atoms with Crippen LogP contribution in [0.5, 0.6) is 11.5 Å². The van der Waals surface area contributed by atoms with Gasteiger partial charge in [0.1, 0.15) is 22.3 Å². The Morgan fingerprint density at radius 3 is 2.24 bits per heavy atom. The van der Waals surface area contributed by atoms with E-state index in [1.165, 1.54) is 18.2 Å². The van der Waals surface area contributed by atoms with Crippen LogP contribution >= 0.6 is 31.9 Å². The molecule has 0 saturated carbocycles. The maximum Gasteiger partial charge on any atom is 0.339 e. The van der Waals surface area contributed by atoms with Gasteiger partial charge in [-0.1, -0.05) is 18.2 Å². The molecule has 0 aliphatic heterocycles. The molecule has 1 amide bonds. The first-order chi connectivity index (χ1) is 16.2. The Labute approximate surface area is 214 Å². The fourth-order valence-electron chi connectivity index (χ4n) is 2.80. The van der Waals surface area contributed by atoms with Crippen LogP contribution in [-0.2, 0) is 14.9 Å². The van der Waals surface area contributed by atoms with Crippen molar-refractivity contribution in [2.75, 3.05) is 11.9 Å². The summed E-state index contributed by atoms with van der Waals surface area (Å²) in [5.41, 5.74) is 0.840. The van der Waals surface area contributed by atoms with E-state index in [-0.39, 0.29) is 16.2 Å². The van der Waals surface area contributed by atoms with Gasteiger partial charge in [-0.25, -0.2) is 0 Å². The quantitative estimate of drug-likeness (QED) is 0.194. The molecule has 3 aromatic carbocycles. The molecule has 0 aromatic heterocycles. The first kappa shape index (κ1) is 25.5. The number of ether oxygens (including phenoxy) is 1. The third-order valence-electron chi connectivity index (χ3n) is 4.34. The van der Waals surface area contributed by atoms with Gasteiger partial charge in [-0.2, -0.15) is 13.7 Å². The van der Waals surface area contributed by atoms with E-state index in [0.717, 1.165) is 0 Å². The van der Waals surface area contributed by atoms with Gasteiger partial charge in [0.2, 0.25) is 0 Å². The lowest BCUT2D eigenvalue weighted by atomic mass is 10.1. The number of benzene rings is 3. The van der Waals surface area contributed by atoms with Crippen molar-refractivity contribution in [3.63, 3.8) is 0 Å². The number of anilines is 1. The lowest BCUT2D eigenvalue weighted by Crippen LogP contribution is -2.13. The van der Waals surface area contributed by atoms with Crippen LogP contribution in [0.15, 0.2) is 86.1 Å². The number of hydrogen-bond donors (Lipinski definition) is 1. The number of halogens is 2. The van der Waals surface area contributed by atoms with Crippen molar-refractivity contribution >= 4 is 59.6 Å². The maximum absolute atomic E-state index is 12.6. The van der Waals surface area contributed by atoms with Crippen LogP contribution in [0.1, 0.15) is 12.5 Å². The minimum atomic E-state index is -4.05. The molecule has 174 valence electrons. The van der Waals surface area contributed by atoms with Crippen LogP contribution in [0.4, 0.5) is 5.69 Å². The Morgan fingerprint density at radius 2 is 1.68 bits per heavy atom. The Morgan fingerprint density at radius 1 is 1.06 bits per heavy atom. The van der Waals surface area contributed by atoms with E-state index in [1.807, 2.05) is 13.0 Å². The standard InChI is InChI=1S/C24H18Br2N2O5S/c1-2-32-19-10-8-18(9-11-19)28-24(29)17(15-27)12-16-13-21(25)23(22(26)14-16)33-34(30,31)20-6-4-3-5-7-20/h3-14H,2H2,1H3,(H,28,29)/b17-12+. The van der Waals surface area contributed by atoms with Crippen LogP contribution in [0.2, 0.25) is 0 Å². The number of hydrogen-bond acceptors (Lipinski definition) is 6. The first-order valence-electron chi connectivity index (χ1n) is 9.88. The summed E-state index contributed by atoms with van der Waals surface area (Å²) in [4.78, 5) is 12.6. The second kappa shape index (κ2) is 11.3. The zero-order valence-corrected chi connectivity index (χ0v) is 21.8. The molecule has 0 unspecified atom stereocenters. The molecule has 0 aliphatic rings. The summed E-state index contributed by atoms with van der Waals surface area (Å²) in [5, 5.41) is 12.2. The second-order valence-corrected chi connectivity index (χ2v) is 10.0. The number of rotatable bonds is 8. The second-order valence-electron chi connectivity index (χ2n) is 6.75. The highest BCUT2D eigenvalue weighted by molar-refractivity contribution is 9.11. The van der Waals surface area contributed by atoms with E-state index in [4.69, 9.17) is 8.92 Å². The Kier molecular flexibility index (Phi) is 8.50. The zero-order valence-electron chi connectivity index (χ0n) is 17.8. The molecule has 0 atom stereocenters. The van der Waals surface area contributed by atoms with Gasteiger partial charge < -0.3 is 14.2 Å². The molecule has 3 rings (SSSR count). The van der Waals surface area contributed by atoms with E-state index in [2.05, 4.69) is 37.2 Å². The van der Waals surface area contributed by atoms with Gasteiger partial charge in [0.15, 0.2) is 5.75 Å². The SMILES string of the molecule is CCOc1ccc(NC(=O)/C(C#N)=C/c2cc(Br)c(OS(=O)(=O)c3ccccc3)c(Br)c2)cc1. The Balaban J connectivity index is 1.81. The zero-order chi connectivity index (χ0) is 24.7. The smallest absolute Gasteiger partial charge is 0.339 e. The summed E-state index contributed by atoms with van der Waals surface area (Å²) in [6.45, 7) is 2.40. The monoisotopic (exact) mass is 604 g/mol. The molecule has 0 spiro atoms. The molecular formula is C24H18Br2N2O5S. The molecule has 1 N–H and O–H groups in total. The maximum atomic E-state index is 12.6. The minimum Gasteiger partial charge on any atom is -0.494 e. The first-order valence-corrected chi connectivity index (χ1v) is 12.9. The Bertz CT molecular complexity index is 1340. The van der Waals surface area contributed by atoms with Crippen LogP contribution in [0, 0.1) is 11.3 Å². The summed E-state index contributed by atoms with van der Waals surface area (Å²) in [5.74, 6) is 0.118. The molecule has 0 saturated heterocycles. The topological polar surface area (TPSA) is 105 Å². The minimum absolute atomic E-state index is 0.00972. The molecule has 34 heavy (non-hydrogen) atoms. The van der Waals surface area contributed by atoms with Gasteiger partial charge >= 0.3 is 10.1 Å². The van der Waals surface area contributed by atoms with Crippen molar-refractivity contribution in [2.24, 2.45) is 0 Å². The number of carbonyl (C=O) groups is 1. The molecule has 7 nitrogen and oxygen atoms in total. The van der Waals surface area contributed by atoms with E-state index in [1.54, 1.807) is 54.6 Å². The summed E-state index contributed by atoms with van der Waals surface area (Å²) < 4.78 is 36.4. The van der Waals surface area contributed by atoms with Crippen molar-refractivity contribution in [2.45, 2.75) is 11.8 Å². The summed E-state index contributed by atoms with van der Waals surface area (Å²) in [6.07, 6.45) is 1.38. The lowest BCUT2D eigenvalue weighted by Gasteiger charge is -2.11. The third-order valence-corrected chi connectivity index (χ3v) is 6.76. The molecular weight excluding hydrogens is 588 g/mol. The van der Waals surface area contributed by atoms with Gasteiger partial charge in [0, 0.05) is 5.69 Å². The number of nitrogens with one attached hydrogen (secondary N) is 1. The molecule has 0 radical (unpaired) electrons. The van der Waals surface area contributed by atoms with Crippen molar-refractivity contribution in [1.82, 2.24) is 0 Å². The molecule has 0 bridgehead atoms. The normalized spacial score (nSPS) is 11.4. The van der Waals surface area contributed by atoms with Gasteiger partial charge in [-0.15, -0.1) is 0 Å². The van der Waals surface area contributed by atoms with Crippen LogP contribution in [0.3, 0.4) is 0 Å². The van der Waals surface area contributed by atoms with Crippen molar-refractivity contribution in [3.8, 4) is 17.6 Å². The van der Waals surface area contributed by atoms with E-state index >= 15 is 0 Å². The van der Waals surface area contributed by atoms with Crippen LogP contribution in [-0.4, -0.2) is 20.9 Å². The van der Waals surface area contributed by atoms with E-state index < -0.39 is 16.0 Å². The summed E-state index contributed by atoms with van der Waals surface area (Å²) in [7, 11) is -4.05. The molecule has 3 aromatic rings. The predicted octanol–water partition coefficient (Wildman–Crippen LogP) is 5.92. The molecule has 0 fully saturated rings. The van der Waals surface area contributed by atoms with Gasteiger partial charge in [0.05, 0.1) is 15.6 Å². The van der Waals surface area contributed by atoms with Crippen molar-refractivity contribution in [1.29, 1.82) is 5.26 Å². The highest BCUT2D eigenvalue weighted by Crippen LogP contribution is 2.37. The highest BCUT2D eigenvalue weighted by Gasteiger charge is 2.20. The average Bonchev–Trinajstić information content (AvgIpc) is 2.82. The van der Waals surface area contributed by atoms with Gasteiger partial charge in [0.25, 0.3) is 5.91 Å². The van der Waals surface area contributed by atoms with Gasteiger partial charge in [-0.05, 0) is 99.0 Å². The lowest BCUT2D eigenvalue weighted by molar-refractivity contribution is -0.112.